The maximum Gasteiger partial charge on any atom is 0.267 e. The first-order chi connectivity index (χ1) is 11.8. The van der Waals surface area contributed by atoms with E-state index < -0.39 is 33.1 Å². The Morgan fingerprint density at radius 3 is 2.60 bits per heavy atom. The number of benzene rings is 2. The van der Waals surface area contributed by atoms with Gasteiger partial charge in [-0.1, -0.05) is 6.07 Å². The molecule has 0 saturated heterocycles. The van der Waals surface area contributed by atoms with Gasteiger partial charge in [-0.2, -0.15) is 0 Å². The van der Waals surface area contributed by atoms with E-state index in [1.54, 1.807) is 18.2 Å². The molecular formula is C17H12F2N2O3S. The normalized spacial score (nSPS) is 11.5. The third-order valence-electron chi connectivity index (χ3n) is 3.62. The first-order valence-electron chi connectivity index (χ1n) is 7.16. The number of carbonyl (C=O) groups excluding carboxylic acids is 1. The quantitative estimate of drug-likeness (QED) is 0.777. The lowest BCUT2D eigenvalue weighted by atomic mass is 10.1. The topological polar surface area (TPSA) is 76.1 Å². The number of carbonyl (C=O) groups is 1. The van der Waals surface area contributed by atoms with E-state index in [-0.39, 0.29) is 10.5 Å². The van der Waals surface area contributed by atoms with E-state index in [1.165, 1.54) is 25.3 Å². The Kier molecular flexibility index (Phi) is 4.22. The molecule has 1 aromatic heterocycles. The molecule has 5 nitrogen and oxygen atoms in total. The highest BCUT2D eigenvalue weighted by atomic mass is 32.2. The lowest BCUT2D eigenvalue weighted by Gasteiger charge is -2.10. The van der Waals surface area contributed by atoms with Crippen LogP contribution in [-0.4, -0.2) is 19.3 Å². The molecule has 8 heteroatoms. The van der Waals surface area contributed by atoms with E-state index in [0.717, 1.165) is 6.07 Å². The number of halogens is 2. The lowest BCUT2D eigenvalue weighted by molar-refractivity contribution is 0.0977. The largest absolute Gasteiger partial charge is 0.268 e. The molecule has 0 atom stereocenters. The predicted octanol–water partition coefficient (Wildman–Crippen LogP) is 2.94. The van der Waals surface area contributed by atoms with Crippen molar-refractivity contribution in [3.63, 3.8) is 0 Å². The van der Waals surface area contributed by atoms with Crippen molar-refractivity contribution in [2.75, 3.05) is 0 Å². The molecule has 2 aromatic carbocycles. The second-order valence-corrected chi connectivity index (χ2v) is 6.99. The molecule has 1 amide bonds. The van der Waals surface area contributed by atoms with Gasteiger partial charge in [-0.3, -0.25) is 9.78 Å². The SMILES string of the molecule is Cc1cc(C(=O)NS(=O)(=O)c2cccc3ncccc23)c(F)cc1F. The van der Waals surface area contributed by atoms with Crippen molar-refractivity contribution in [3.8, 4) is 0 Å². The van der Waals surface area contributed by atoms with Crippen LogP contribution < -0.4 is 4.72 Å². The number of pyridine rings is 1. The van der Waals surface area contributed by atoms with E-state index in [9.17, 15) is 22.0 Å². The maximum atomic E-state index is 13.8. The zero-order valence-electron chi connectivity index (χ0n) is 13.0. The van der Waals surface area contributed by atoms with Crippen LogP contribution in [0.4, 0.5) is 8.78 Å². The number of aryl methyl sites for hydroxylation is 1. The molecule has 25 heavy (non-hydrogen) atoms. The minimum absolute atomic E-state index is 0.0262. The van der Waals surface area contributed by atoms with Crippen LogP contribution in [0.3, 0.4) is 0 Å². The molecule has 1 heterocycles. The zero-order chi connectivity index (χ0) is 18.2. The van der Waals surface area contributed by atoms with E-state index >= 15 is 0 Å². The number of amides is 1. The number of nitrogens with one attached hydrogen (secondary N) is 1. The Hall–Kier alpha value is -2.87. The number of rotatable bonds is 3. The van der Waals surface area contributed by atoms with Crippen molar-refractivity contribution >= 4 is 26.8 Å². The van der Waals surface area contributed by atoms with Gasteiger partial charge in [0, 0.05) is 17.6 Å². The molecule has 0 aliphatic rings. The number of hydrogen-bond donors (Lipinski definition) is 1. The highest BCUT2D eigenvalue weighted by molar-refractivity contribution is 7.90. The van der Waals surface area contributed by atoms with Crippen molar-refractivity contribution in [3.05, 3.63) is 71.4 Å². The van der Waals surface area contributed by atoms with Crippen molar-refractivity contribution < 1.29 is 22.0 Å². The fourth-order valence-electron chi connectivity index (χ4n) is 2.37. The van der Waals surface area contributed by atoms with Crippen LogP contribution in [0.25, 0.3) is 10.9 Å². The minimum atomic E-state index is -4.27. The minimum Gasteiger partial charge on any atom is -0.268 e. The number of hydrogen-bond acceptors (Lipinski definition) is 4. The summed E-state index contributed by atoms with van der Waals surface area (Å²) in [4.78, 5) is 16.1. The third-order valence-corrected chi connectivity index (χ3v) is 5.00. The van der Waals surface area contributed by atoms with Crippen LogP contribution in [0, 0.1) is 18.6 Å². The van der Waals surface area contributed by atoms with Gasteiger partial charge >= 0.3 is 0 Å². The van der Waals surface area contributed by atoms with Crippen molar-refractivity contribution in [2.24, 2.45) is 0 Å². The third kappa shape index (κ3) is 3.20. The van der Waals surface area contributed by atoms with Gasteiger partial charge in [-0.15, -0.1) is 0 Å². The van der Waals surface area contributed by atoms with Gasteiger partial charge in [0.1, 0.15) is 11.6 Å². The molecule has 0 spiro atoms. The summed E-state index contributed by atoms with van der Waals surface area (Å²) >= 11 is 0. The molecule has 0 saturated carbocycles. The fourth-order valence-corrected chi connectivity index (χ4v) is 3.56. The van der Waals surface area contributed by atoms with Gasteiger partial charge in [-0.05, 0) is 42.8 Å². The Morgan fingerprint density at radius 2 is 1.84 bits per heavy atom. The second-order valence-electron chi connectivity index (χ2n) is 5.34. The van der Waals surface area contributed by atoms with Crippen LogP contribution in [0.5, 0.6) is 0 Å². The van der Waals surface area contributed by atoms with Gasteiger partial charge in [0.05, 0.1) is 16.0 Å². The molecule has 3 rings (SSSR count). The first kappa shape index (κ1) is 17.0. The molecule has 0 fully saturated rings. The van der Waals surface area contributed by atoms with Crippen LogP contribution in [0.15, 0.2) is 53.6 Å². The Morgan fingerprint density at radius 1 is 1.08 bits per heavy atom. The monoisotopic (exact) mass is 362 g/mol. The molecule has 0 bridgehead atoms. The van der Waals surface area contributed by atoms with Crippen molar-refractivity contribution in [1.29, 1.82) is 0 Å². The number of nitrogens with zero attached hydrogens (tertiary/aromatic N) is 1. The van der Waals surface area contributed by atoms with Gasteiger partial charge in [0.2, 0.25) is 0 Å². The molecule has 3 aromatic rings. The van der Waals surface area contributed by atoms with Gasteiger partial charge in [-0.25, -0.2) is 21.9 Å². The first-order valence-corrected chi connectivity index (χ1v) is 8.64. The standard InChI is InChI=1S/C17H12F2N2O3S/c1-10-8-12(14(19)9-13(10)18)17(22)21-25(23,24)16-6-2-5-15-11(16)4-3-7-20-15/h2-9H,1H3,(H,21,22). The highest BCUT2D eigenvalue weighted by Crippen LogP contribution is 2.22. The zero-order valence-corrected chi connectivity index (χ0v) is 13.8. The Labute approximate surface area is 142 Å². The Bertz CT molecular complexity index is 1090. The maximum absolute atomic E-state index is 13.8. The Balaban J connectivity index is 2.02. The van der Waals surface area contributed by atoms with Crippen LogP contribution in [0.2, 0.25) is 0 Å². The van der Waals surface area contributed by atoms with E-state index in [2.05, 4.69) is 4.98 Å². The van der Waals surface area contributed by atoms with Gasteiger partial charge < -0.3 is 0 Å². The fraction of sp³-hybridized carbons (Fsp3) is 0.0588. The molecule has 0 aliphatic carbocycles. The summed E-state index contributed by atoms with van der Waals surface area (Å²) in [5.41, 5.74) is -0.0965. The smallest absolute Gasteiger partial charge is 0.267 e. The van der Waals surface area contributed by atoms with Crippen LogP contribution in [0.1, 0.15) is 15.9 Å². The lowest BCUT2D eigenvalue weighted by Crippen LogP contribution is -2.31. The average molecular weight is 362 g/mol. The molecule has 128 valence electrons. The van der Waals surface area contributed by atoms with Crippen LogP contribution >= 0.6 is 0 Å². The average Bonchev–Trinajstić information content (AvgIpc) is 2.57. The summed E-state index contributed by atoms with van der Waals surface area (Å²) in [6, 6.07) is 9.02. The number of fused-ring (bicyclic) bond motifs is 1. The predicted molar refractivity (Wildman–Crippen MR) is 87.5 cm³/mol. The summed E-state index contributed by atoms with van der Waals surface area (Å²) in [5, 5.41) is 0.320. The summed E-state index contributed by atoms with van der Waals surface area (Å²) < 4.78 is 54.0. The van der Waals surface area contributed by atoms with E-state index in [0.29, 0.717) is 17.0 Å². The molecule has 0 unspecified atom stereocenters. The van der Waals surface area contributed by atoms with Gasteiger partial charge in [0.15, 0.2) is 0 Å². The summed E-state index contributed by atoms with van der Waals surface area (Å²) in [7, 11) is -4.27. The molecule has 0 radical (unpaired) electrons. The number of sulfonamides is 1. The second kappa shape index (κ2) is 6.21. The number of aromatic nitrogens is 1. The summed E-state index contributed by atoms with van der Waals surface area (Å²) in [6.07, 6.45) is 1.51. The van der Waals surface area contributed by atoms with Crippen LogP contribution in [-0.2, 0) is 10.0 Å². The van der Waals surface area contributed by atoms with Crippen molar-refractivity contribution in [2.45, 2.75) is 11.8 Å². The van der Waals surface area contributed by atoms with Crippen molar-refractivity contribution in [1.82, 2.24) is 9.71 Å². The van der Waals surface area contributed by atoms with E-state index in [1.807, 2.05) is 4.72 Å². The molecule has 1 N–H and O–H groups in total. The summed E-state index contributed by atoms with van der Waals surface area (Å²) in [6.45, 7) is 1.34. The summed E-state index contributed by atoms with van der Waals surface area (Å²) in [5.74, 6) is -3.14. The van der Waals surface area contributed by atoms with E-state index in [4.69, 9.17) is 0 Å². The highest BCUT2D eigenvalue weighted by Gasteiger charge is 2.23. The molecule has 0 aliphatic heterocycles. The molecular weight excluding hydrogens is 350 g/mol. The van der Waals surface area contributed by atoms with Gasteiger partial charge in [0.25, 0.3) is 15.9 Å².